The van der Waals surface area contributed by atoms with Crippen LogP contribution in [0.4, 0.5) is 0 Å². The molecule has 2 aromatic carbocycles. The average molecular weight is 480 g/mol. The van der Waals surface area contributed by atoms with Gasteiger partial charge >= 0.3 is 0 Å². The smallest absolute Gasteiger partial charge is 0.251 e. The zero-order valence-electron chi connectivity index (χ0n) is 19.8. The molecule has 0 saturated heterocycles. The van der Waals surface area contributed by atoms with E-state index in [9.17, 15) is 14.4 Å². The molecule has 0 aliphatic heterocycles. The fourth-order valence-corrected chi connectivity index (χ4v) is 3.22. The summed E-state index contributed by atoms with van der Waals surface area (Å²) < 4.78 is 16.2. The largest absolute Gasteiger partial charge is 0.490 e. The average Bonchev–Trinajstić information content (AvgIpc) is 3.40. The molecule has 1 heterocycles. The first-order valence-corrected chi connectivity index (χ1v) is 11.3. The lowest BCUT2D eigenvalue weighted by Crippen LogP contribution is -2.36. The van der Waals surface area contributed by atoms with E-state index in [4.69, 9.17) is 13.9 Å². The second-order valence-corrected chi connectivity index (χ2v) is 7.45. The third-order valence-electron chi connectivity index (χ3n) is 4.90. The first-order valence-electron chi connectivity index (χ1n) is 11.3. The van der Waals surface area contributed by atoms with Crippen molar-refractivity contribution >= 4 is 17.7 Å². The summed E-state index contributed by atoms with van der Waals surface area (Å²) in [4.78, 5) is 37.1. The van der Waals surface area contributed by atoms with Crippen LogP contribution >= 0.6 is 0 Å². The summed E-state index contributed by atoms with van der Waals surface area (Å²) in [6, 6.07) is 15.3. The van der Waals surface area contributed by atoms with Crippen molar-refractivity contribution in [1.29, 1.82) is 0 Å². The molecule has 9 heteroatoms. The Morgan fingerprint density at radius 3 is 2.26 bits per heavy atom. The molecule has 3 amide bonds. The van der Waals surface area contributed by atoms with Gasteiger partial charge in [-0.3, -0.25) is 14.4 Å². The van der Waals surface area contributed by atoms with E-state index in [1.54, 1.807) is 60.9 Å². The third-order valence-corrected chi connectivity index (χ3v) is 4.90. The first kappa shape index (κ1) is 25.4. The second kappa shape index (κ2) is 12.8. The van der Waals surface area contributed by atoms with Crippen molar-refractivity contribution in [3.05, 3.63) is 83.3 Å². The van der Waals surface area contributed by atoms with Crippen molar-refractivity contribution in [2.75, 3.05) is 19.8 Å². The molecule has 3 aromatic rings. The minimum absolute atomic E-state index is 0.195. The van der Waals surface area contributed by atoms with Crippen molar-refractivity contribution in [3.8, 4) is 11.5 Å². The Kier molecular flexibility index (Phi) is 9.30. The van der Waals surface area contributed by atoms with E-state index in [1.807, 2.05) is 13.8 Å². The van der Waals surface area contributed by atoms with Gasteiger partial charge in [-0.2, -0.15) is 0 Å². The molecule has 3 rings (SSSR count). The van der Waals surface area contributed by atoms with Crippen LogP contribution in [0.15, 0.2) is 65.3 Å². The van der Waals surface area contributed by atoms with Gasteiger partial charge in [0, 0.05) is 17.7 Å². The van der Waals surface area contributed by atoms with E-state index >= 15 is 0 Å². The fraction of sp³-hybridized carbons (Fsp3) is 0.269. The number of benzene rings is 2. The van der Waals surface area contributed by atoms with Gasteiger partial charge in [0.05, 0.1) is 32.6 Å². The van der Waals surface area contributed by atoms with Crippen molar-refractivity contribution < 1.29 is 28.3 Å². The number of nitrogens with one attached hydrogen (secondary N) is 3. The van der Waals surface area contributed by atoms with Gasteiger partial charge in [-0.1, -0.05) is 12.1 Å². The maximum Gasteiger partial charge on any atom is 0.251 e. The zero-order chi connectivity index (χ0) is 25.0. The number of carbonyl (C=O) groups excluding carboxylic acids is 3. The number of hydrogen-bond acceptors (Lipinski definition) is 6. The Bertz CT molecular complexity index is 1140. The van der Waals surface area contributed by atoms with Crippen molar-refractivity contribution in [2.24, 2.45) is 0 Å². The van der Waals surface area contributed by atoms with E-state index in [1.165, 1.54) is 0 Å². The number of furan rings is 1. The van der Waals surface area contributed by atoms with E-state index in [-0.39, 0.29) is 31.4 Å². The van der Waals surface area contributed by atoms with Gasteiger partial charge in [0.15, 0.2) is 11.5 Å². The summed E-state index contributed by atoms with van der Waals surface area (Å²) in [5, 5.41) is 8.11. The Labute approximate surface area is 203 Å². The van der Waals surface area contributed by atoms with Crippen LogP contribution in [0.5, 0.6) is 11.5 Å². The number of carbonyl (C=O) groups is 3. The molecule has 9 nitrogen and oxygen atoms in total. The summed E-state index contributed by atoms with van der Waals surface area (Å²) >= 11 is 0. The first-order chi connectivity index (χ1) is 17.0. The normalized spacial score (nSPS) is 10.3. The minimum atomic E-state index is -0.403. The topological polar surface area (TPSA) is 119 Å². The number of ether oxygens (including phenoxy) is 2. The van der Waals surface area contributed by atoms with Crippen molar-refractivity contribution in [1.82, 2.24) is 16.0 Å². The Hall–Kier alpha value is -4.27. The van der Waals surface area contributed by atoms with Gasteiger partial charge in [0.2, 0.25) is 5.91 Å². The molecule has 0 unspecified atom stereocenters. The lowest BCUT2D eigenvalue weighted by atomic mass is 10.1. The van der Waals surface area contributed by atoms with Crippen LogP contribution in [0.25, 0.3) is 0 Å². The molecule has 35 heavy (non-hydrogen) atoms. The van der Waals surface area contributed by atoms with Crippen molar-refractivity contribution in [2.45, 2.75) is 26.9 Å². The standard InChI is InChI=1S/C26H29N3O6/c1-3-33-22-11-10-20(14-23(22)34-4-2)26(32)29-17-24(30)27-15-18-7-5-8-19(13-18)25(31)28-16-21-9-6-12-35-21/h5-14H,3-4,15-17H2,1-2H3,(H,27,30)(H,28,31)(H,29,32). The van der Waals surface area contributed by atoms with Gasteiger partial charge in [0.25, 0.3) is 11.8 Å². The maximum atomic E-state index is 12.5. The van der Waals surface area contributed by atoms with E-state index in [0.717, 1.165) is 5.56 Å². The maximum absolute atomic E-state index is 12.5. The molecule has 3 N–H and O–H groups in total. The third kappa shape index (κ3) is 7.63. The zero-order valence-corrected chi connectivity index (χ0v) is 19.8. The molecule has 0 aliphatic rings. The number of rotatable bonds is 12. The molecule has 0 fully saturated rings. The summed E-state index contributed by atoms with van der Waals surface area (Å²) in [5.74, 6) is 0.674. The summed E-state index contributed by atoms with van der Waals surface area (Å²) in [6.07, 6.45) is 1.55. The molecule has 0 atom stereocenters. The van der Waals surface area contributed by atoms with E-state index < -0.39 is 5.91 Å². The summed E-state index contributed by atoms with van der Waals surface area (Å²) in [5.41, 5.74) is 1.58. The summed E-state index contributed by atoms with van der Waals surface area (Å²) in [7, 11) is 0. The molecule has 0 saturated carbocycles. The summed E-state index contributed by atoms with van der Waals surface area (Å²) in [6.45, 7) is 4.92. The molecule has 0 spiro atoms. The van der Waals surface area contributed by atoms with Crippen LogP contribution in [0, 0.1) is 0 Å². The molecule has 184 valence electrons. The molecule has 0 radical (unpaired) electrons. The van der Waals surface area contributed by atoms with Crippen LogP contribution in [0.3, 0.4) is 0 Å². The van der Waals surface area contributed by atoms with Crippen molar-refractivity contribution in [3.63, 3.8) is 0 Å². The predicted octanol–water partition coefficient (Wildman–Crippen LogP) is 3.05. The van der Waals surface area contributed by atoms with Gasteiger partial charge in [-0.05, 0) is 61.9 Å². The lowest BCUT2D eigenvalue weighted by Gasteiger charge is -2.12. The highest BCUT2D eigenvalue weighted by Crippen LogP contribution is 2.28. The van der Waals surface area contributed by atoms with Crippen LogP contribution in [-0.2, 0) is 17.9 Å². The molecule has 1 aromatic heterocycles. The van der Waals surface area contributed by atoms with Gasteiger partial charge in [0.1, 0.15) is 5.76 Å². The fourth-order valence-electron chi connectivity index (χ4n) is 3.22. The van der Waals surface area contributed by atoms with E-state index in [0.29, 0.717) is 41.6 Å². The molecular weight excluding hydrogens is 450 g/mol. The second-order valence-electron chi connectivity index (χ2n) is 7.45. The molecule has 0 bridgehead atoms. The van der Waals surface area contributed by atoms with Crippen LogP contribution < -0.4 is 25.4 Å². The predicted molar refractivity (Wildman–Crippen MR) is 129 cm³/mol. The van der Waals surface area contributed by atoms with Gasteiger partial charge < -0.3 is 29.8 Å². The highest BCUT2D eigenvalue weighted by Gasteiger charge is 2.13. The van der Waals surface area contributed by atoms with Crippen LogP contribution in [0.2, 0.25) is 0 Å². The quantitative estimate of drug-likeness (QED) is 0.367. The highest BCUT2D eigenvalue weighted by molar-refractivity contribution is 5.97. The number of amides is 3. The van der Waals surface area contributed by atoms with E-state index in [2.05, 4.69) is 16.0 Å². The highest BCUT2D eigenvalue weighted by atomic mass is 16.5. The van der Waals surface area contributed by atoms with Gasteiger partial charge in [-0.15, -0.1) is 0 Å². The van der Waals surface area contributed by atoms with Gasteiger partial charge in [-0.25, -0.2) is 0 Å². The SMILES string of the molecule is CCOc1ccc(C(=O)NCC(=O)NCc2cccc(C(=O)NCc3ccco3)c2)cc1OCC. The Morgan fingerprint density at radius 1 is 0.771 bits per heavy atom. The van der Waals surface area contributed by atoms with Crippen LogP contribution in [-0.4, -0.2) is 37.5 Å². The minimum Gasteiger partial charge on any atom is -0.490 e. The Morgan fingerprint density at radius 2 is 1.51 bits per heavy atom. The monoisotopic (exact) mass is 479 g/mol. The molecular formula is C26H29N3O6. The lowest BCUT2D eigenvalue weighted by molar-refractivity contribution is -0.120. The number of hydrogen-bond donors (Lipinski definition) is 3. The van der Waals surface area contributed by atoms with Crippen LogP contribution in [0.1, 0.15) is 45.9 Å². The molecule has 0 aliphatic carbocycles. The Balaban J connectivity index is 1.48.